The molecule has 8 nitrogen and oxygen atoms in total. The number of methoxy groups -OCH3 is 1. The molecule has 3 aromatic rings. The summed E-state index contributed by atoms with van der Waals surface area (Å²) >= 11 is 1.21. The molecule has 0 atom stereocenters. The zero-order valence-electron chi connectivity index (χ0n) is 17.8. The molecule has 33 heavy (non-hydrogen) atoms. The van der Waals surface area contributed by atoms with Crippen LogP contribution in [0.3, 0.4) is 0 Å². The second-order valence-electron chi connectivity index (χ2n) is 7.38. The highest BCUT2D eigenvalue weighted by molar-refractivity contribution is 7.13. The van der Waals surface area contributed by atoms with Gasteiger partial charge in [-0.2, -0.15) is 0 Å². The number of aromatic nitrogens is 2. The van der Waals surface area contributed by atoms with E-state index < -0.39 is 11.6 Å². The molecule has 1 N–H and O–H groups in total. The van der Waals surface area contributed by atoms with Crippen LogP contribution in [0.15, 0.2) is 42.5 Å². The van der Waals surface area contributed by atoms with Gasteiger partial charge in [0.1, 0.15) is 10.8 Å². The van der Waals surface area contributed by atoms with Crippen LogP contribution in [0.25, 0.3) is 0 Å². The van der Waals surface area contributed by atoms with Gasteiger partial charge in [-0.25, -0.2) is 8.78 Å². The summed E-state index contributed by atoms with van der Waals surface area (Å²) in [6.07, 6.45) is 0. The van der Waals surface area contributed by atoms with Crippen molar-refractivity contribution in [1.82, 2.24) is 20.0 Å². The summed E-state index contributed by atoms with van der Waals surface area (Å²) < 4.78 is 31.6. The molecule has 0 saturated carbocycles. The maximum atomic E-state index is 13.4. The van der Waals surface area contributed by atoms with Gasteiger partial charge < -0.3 is 15.0 Å². The Balaban J connectivity index is 1.28. The highest BCUT2D eigenvalue weighted by atomic mass is 32.1. The van der Waals surface area contributed by atoms with Gasteiger partial charge in [0.25, 0.3) is 11.8 Å². The van der Waals surface area contributed by atoms with Crippen molar-refractivity contribution in [1.29, 1.82) is 0 Å². The smallest absolute Gasteiger partial charge is 0.286 e. The van der Waals surface area contributed by atoms with E-state index in [1.807, 2.05) is 0 Å². The highest BCUT2D eigenvalue weighted by Crippen LogP contribution is 2.19. The minimum atomic E-state index is -1.04. The van der Waals surface area contributed by atoms with Gasteiger partial charge in [-0.1, -0.05) is 11.3 Å². The van der Waals surface area contributed by atoms with Gasteiger partial charge in [-0.3, -0.25) is 14.5 Å². The molecule has 0 radical (unpaired) electrons. The molecule has 11 heteroatoms. The molecule has 1 aromatic heterocycles. The predicted molar refractivity (Wildman–Crippen MR) is 118 cm³/mol. The lowest BCUT2D eigenvalue weighted by atomic mass is 10.1. The Bertz CT molecular complexity index is 1150. The molecule has 1 aliphatic heterocycles. The van der Waals surface area contributed by atoms with Crippen LogP contribution in [-0.4, -0.2) is 65.1 Å². The summed E-state index contributed by atoms with van der Waals surface area (Å²) in [6, 6.07) is 10.1. The summed E-state index contributed by atoms with van der Waals surface area (Å²) in [5.74, 6) is -2.00. The number of rotatable bonds is 6. The van der Waals surface area contributed by atoms with E-state index in [-0.39, 0.29) is 22.4 Å². The number of nitrogens with one attached hydrogen (secondary N) is 1. The molecule has 2 heterocycles. The summed E-state index contributed by atoms with van der Waals surface area (Å²) in [4.78, 5) is 28.7. The van der Waals surface area contributed by atoms with Crippen LogP contribution in [0, 0.1) is 11.6 Å². The van der Waals surface area contributed by atoms with Crippen LogP contribution in [0.4, 0.5) is 14.5 Å². The molecule has 4 rings (SSSR count). The van der Waals surface area contributed by atoms with E-state index in [0.717, 1.165) is 12.1 Å². The van der Waals surface area contributed by atoms with Crippen molar-refractivity contribution >= 4 is 28.8 Å². The number of benzene rings is 2. The van der Waals surface area contributed by atoms with E-state index in [4.69, 9.17) is 4.74 Å². The maximum Gasteiger partial charge on any atom is 0.286 e. The molecule has 0 spiro atoms. The molecular formula is C22H21F2N5O3S. The Morgan fingerprint density at radius 2 is 1.76 bits per heavy atom. The van der Waals surface area contributed by atoms with Crippen LogP contribution < -0.4 is 10.1 Å². The number of halogens is 2. The van der Waals surface area contributed by atoms with Gasteiger partial charge >= 0.3 is 0 Å². The van der Waals surface area contributed by atoms with Crippen molar-refractivity contribution in [3.8, 4) is 5.75 Å². The van der Waals surface area contributed by atoms with Gasteiger partial charge in [-0.05, 0) is 42.5 Å². The van der Waals surface area contributed by atoms with Gasteiger partial charge in [0, 0.05) is 37.4 Å². The fraction of sp³-hybridized carbons (Fsp3) is 0.273. The number of carbonyl (C=O) groups is 2. The van der Waals surface area contributed by atoms with Crippen LogP contribution >= 0.6 is 11.3 Å². The van der Waals surface area contributed by atoms with E-state index >= 15 is 0 Å². The Kier molecular flexibility index (Phi) is 6.90. The molecule has 172 valence electrons. The third-order valence-electron chi connectivity index (χ3n) is 5.19. The predicted octanol–water partition coefficient (Wildman–Crippen LogP) is 3.04. The summed E-state index contributed by atoms with van der Waals surface area (Å²) in [5.41, 5.74) is 0.748. The first-order valence-electron chi connectivity index (χ1n) is 10.2. The van der Waals surface area contributed by atoms with Crippen molar-refractivity contribution in [2.24, 2.45) is 0 Å². The number of carbonyl (C=O) groups excluding carboxylic acids is 2. The first kappa shape index (κ1) is 22.7. The summed E-state index contributed by atoms with van der Waals surface area (Å²) in [7, 11) is 1.57. The summed E-state index contributed by atoms with van der Waals surface area (Å²) in [5, 5.41) is 11.8. The SMILES string of the molecule is COc1ccc(NC(=O)c2nnc(CN3CCN(C(=O)c4ccc(F)c(F)c4)CC3)s2)cc1. The van der Waals surface area contributed by atoms with E-state index in [0.29, 0.717) is 49.2 Å². The second-order valence-corrected chi connectivity index (χ2v) is 8.44. The van der Waals surface area contributed by atoms with Crippen molar-refractivity contribution < 1.29 is 23.1 Å². The van der Waals surface area contributed by atoms with Crippen LogP contribution in [0.2, 0.25) is 0 Å². The number of anilines is 1. The average molecular weight is 474 g/mol. The Morgan fingerprint density at radius 1 is 1.03 bits per heavy atom. The lowest BCUT2D eigenvalue weighted by Gasteiger charge is -2.34. The third kappa shape index (κ3) is 5.49. The fourth-order valence-electron chi connectivity index (χ4n) is 3.38. The number of piperazine rings is 1. The third-order valence-corrected chi connectivity index (χ3v) is 6.10. The van der Waals surface area contributed by atoms with Crippen LogP contribution in [0.5, 0.6) is 5.75 Å². The molecule has 1 aliphatic rings. The Labute approximate surface area is 192 Å². The second kappa shape index (κ2) is 10.0. The zero-order valence-corrected chi connectivity index (χ0v) is 18.6. The molecule has 0 unspecified atom stereocenters. The lowest BCUT2D eigenvalue weighted by molar-refractivity contribution is 0.0627. The number of nitrogens with zero attached hydrogens (tertiary/aromatic N) is 4. The van der Waals surface area contributed by atoms with Crippen LogP contribution in [-0.2, 0) is 6.54 Å². The minimum absolute atomic E-state index is 0.124. The van der Waals surface area contributed by atoms with E-state index in [9.17, 15) is 18.4 Å². The monoisotopic (exact) mass is 473 g/mol. The van der Waals surface area contributed by atoms with E-state index in [2.05, 4.69) is 20.4 Å². The molecule has 1 fully saturated rings. The Morgan fingerprint density at radius 3 is 2.42 bits per heavy atom. The largest absolute Gasteiger partial charge is 0.497 e. The highest BCUT2D eigenvalue weighted by Gasteiger charge is 2.24. The lowest BCUT2D eigenvalue weighted by Crippen LogP contribution is -2.48. The fourth-order valence-corrected chi connectivity index (χ4v) is 4.16. The van der Waals surface area contributed by atoms with Crippen molar-refractivity contribution in [2.45, 2.75) is 6.54 Å². The van der Waals surface area contributed by atoms with Gasteiger partial charge in [-0.15, -0.1) is 10.2 Å². The molecule has 1 saturated heterocycles. The zero-order chi connectivity index (χ0) is 23.4. The van der Waals surface area contributed by atoms with Crippen molar-refractivity contribution in [3.63, 3.8) is 0 Å². The first-order chi connectivity index (χ1) is 15.9. The molecule has 2 aromatic carbocycles. The number of hydrogen-bond acceptors (Lipinski definition) is 7. The quantitative estimate of drug-likeness (QED) is 0.592. The van der Waals surface area contributed by atoms with Crippen LogP contribution in [0.1, 0.15) is 25.2 Å². The number of amides is 2. The first-order valence-corrected chi connectivity index (χ1v) is 11.0. The Hall–Kier alpha value is -3.44. The van der Waals surface area contributed by atoms with E-state index in [1.54, 1.807) is 36.3 Å². The molecule has 0 bridgehead atoms. The number of ether oxygens (including phenoxy) is 1. The van der Waals surface area contributed by atoms with Gasteiger partial charge in [0.05, 0.1) is 13.7 Å². The molecular weight excluding hydrogens is 452 g/mol. The normalized spacial score (nSPS) is 14.2. The van der Waals surface area contributed by atoms with Gasteiger partial charge in [0.2, 0.25) is 5.01 Å². The maximum absolute atomic E-state index is 13.4. The molecule has 0 aliphatic carbocycles. The van der Waals surface area contributed by atoms with Crippen molar-refractivity contribution in [2.75, 3.05) is 38.6 Å². The molecule has 2 amide bonds. The van der Waals surface area contributed by atoms with Gasteiger partial charge in [0.15, 0.2) is 11.6 Å². The summed E-state index contributed by atoms with van der Waals surface area (Å²) in [6.45, 7) is 2.56. The standard InChI is InChI=1S/C22H21F2N5O3S/c1-32-16-5-3-15(4-6-16)25-20(30)21-27-26-19(33-21)13-28-8-10-29(11-9-28)22(31)14-2-7-17(23)18(24)12-14/h2-7,12H,8-11,13H2,1H3,(H,25,30). The minimum Gasteiger partial charge on any atom is -0.497 e. The average Bonchev–Trinajstić information content (AvgIpc) is 3.30. The topological polar surface area (TPSA) is 87.7 Å². The number of hydrogen-bond donors (Lipinski definition) is 1. The van der Waals surface area contributed by atoms with E-state index in [1.165, 1.54) is 17.4 Å². The van der Waals surface area contributed by atoms with Crippen molar-refractivity contribution in [3.05, 3.63) is 69.7 Å².